The molecule has 0 amide bonds. The smallest absolute Gasteiger partial charge is 0.0714 e. The Labute approximate surface area is 440 Å². The summed E-state index contributed by atoms with van der Waals surface area (Å²) in [7, 11) is 0. The highest BCUT2D eigenvalue weighted by atomic mass is 15.1. The van der Waals surface area contributed by atoms with Crippen LogP contribution in [0.4, 0.5) is 17.1 Å². The number of nitrogens with zero attached hydrogens (tertiary/aromatic N) is 1. The van der Waals surface area contributed by atoms with Gasteiger partial charge in [0.1, 0.15) is 0 Å². The summed E-state index contributed by atoms with van der Waals surface area (Å²) in [4.78, 5) is 2.46. The van der Waals surface area contributed by atoms with Crippen molar-refractivity contribution in [2.24, 2.45) is 0 Å². The summed E-state index contributed by atoms with van der Waals surface area (Å²) in [6.07, 6.45) is 0. The molecule has 2 aliphatic rings. The van der Waals surface area contributed by atoms with E-state index in [1.54, 1.807) is 0 Å². The van der Waals surface area contributed by atoms with Crippen molar-refractivity contribution < 1.29 is 0 Å². The standard InChI is InChI=1S/C74H51N/c1-6-23-52(24-7-1)54-25-20-26-55(49-54)56-27-21-36-62(50-56)75(63-47-48-66-65-37-16-18-40-68(65)74(71(66)51-63,59-32-12-4-13-33-59)60-34-14-5-15-35-60)61-45-43-53(44-46-61)64-39-22-42-70-72(64)67-38-17-19-41-69(67)73(70,57-28-8-2-9-29-57)58-30-10-3-11-31-58/h1-51H. The minimum Gasteiger partial charge on any atom is -0.310 e. The molecule has 0 saturated carbocycles. The maximum Gasteiger partial charge on any atom is 0.0714 e. The zero-order valence-electron chi connectivity index (χ0n) is 41.4. The average Bonchev–Trinajstić information content (AvgIpc) is 4.00. The lowest BCUT2D eigenvalue weighted by atomic mass is 9.67. The van der Waals surface area contributed by atoms with Gasteiger partial charge in [0.2, 0.25) is 0 Å². The quantitative estimate of drug-likeness (QED) is 0.132. The van der Waals surface area contributed by atoms with E-state index in [0.717, 1.165) is 22.6 Å². The summed E-state index contributed by atoms with van der Waals surface area (Å²) in [6.45, 7) is 0. The molecule has 1 nitrogen and oxygen atoms in total. The van der Waals surface area contributed by atoms with Gasteiger partial charge in [-0.1, -0.05) is 267 Å². The van der Waals surface area contributed by atoms with E-state index in [-0.39, 0.29) is 0 Å². The van der Waals surface area contributed by atoms with E-state index in [4.69, 9.17) is 0 Å². The van der Waals surface area contributed by atoms with E-state index in [1.807, 2.05) is 0 Å². The van der Waals surface area contributed by atoms with Crippen LogP contribution in [0, 0.1) is 0 Å². The van der Waals surface area contributed by atoms with Crippen LogP contribution in [-0.2, 0) is 10.8 Å². The van der Waals surface area contributed by atoms with E-state index in [0.29, 0.717) is 0 Å². The number of benzene rings is 12. The van der Waals surface area contributed by atoms with Gasteiger partial charge in [-0.2, -0.15) is 0 Å². The Morgan fingerprint density at radius 3 is 1.19 bits per heavy atom. The fourth-order valence-corrected chi connectivity index (χ4v) is 12.9. The number of fused-ring (bicyclic) bond motifs is 6. The molecule has 0 atom stereocenters. The topological polar surface area (TPSA) is 3.24 Å². The van der Waals surface area contributed by atoms with Gasteiger partial charge in [-0.05, 0) is 143 Å². The predicted octanol–water partition coefficient (Wildman–Crippen LogP) is 18.9. The van der Waals surface area contributed by atoms with Crippen molar-refractivity contribution in [2.75, 3.05) is 4.90 Å². The summed E-state index contributed by atoms with van der Waals surface area (Å²) in [5, 5.41) is 0. The van der Waals surface area contributed by atoms with Crippen LogP contribution in [0.25, 0.3) is 55.6 Å². The number of hydrogen-bond donors (Lipinski definition) is 0. The van der Waals surface area contributed by atoms with Crippen LogP contribution >= 0.6 is 0 Å². The third-order valence-corrected chi connectivity index (χ3v) is 16.0. The van der Waals surface area contributed by atoms with Crippen molar-refractivity contribution in [1.82, 2.24) is 0 Å². The molecule has 352 valence electrons. The number of rotatable bonds is 10. The van der Waals surface area contributed by atoms with Crippen molar-refractivity contribution in [3.63, 3.8) is 0 Å². The Morgan fingerprint density at radius 2 is 0.587 bits per heavy atom. The Balaban J connectivity index is 0.958. The lowest BCUT2D eigenvalue weighted by Gasteiger charge is -2.35. The molecule has 0 unspecified atom stereocenters. The molecule has 0 radical (unpaired) electrons. The molecular formula is C74H51N. The van der Waals surface area contributed by atoms with Crippen LogP contribution in [0.3, 0.4) is 0 Å². The first-order valence-electron chi connectivity index (χ1n) is 26.1. The first-order chi connectivity index (χ1) is 37.2. The van der Waals surface area contributed by atoms with Gasteiger partial charge in [-0.3, -0.25) is 0 Å². The van der Waals surface area contributed by atoms with Gasteiger partial charge in [0.15, 0.2) is 0 Å². The van der Waals surface area contributed by atoms with Crippen molar-refractivity contribution in [3.8, 4) is 55.6 Å². The molecule has 0 N–H and O–H groups in total. The van der Waals surface area contributed by atoms with Gasteiger partial charge in [0.05, 0.1) is 10.8 Å². The van der Waals surface area contributed by atoms with Crippen LogP contribution in [0.5, 0.6) is 0 Å². The molecule has 0 fully saturated rings. The fourth-order valence-electron chi connectivity index (χ4n) is 12.9. The zero-order chi connectivity index (χ0) is 49.8. The lowest BCUT2D eigenvalue weighted by Crippen LogP contribution is -2.28. The minimum atomic E-state index is -0.543. The summed E-state index contributed by atoms with van der Waals surface area (Å²) < 4.78 is 0. The monoisotopic (exact) mass is 953 g/mol. The molecular weight excluding hydrogens is 903 g/mol. The van der Waals surface area contributed by atoms with Gasteiger partial charge >= 0.3 is 0 Å². The van der Waals surface area contributed by atoms with Crippen molar-refractivity contribution >= 4 is 17.1 Å². The molecule has 0 aromatic heterocycles. The third-order valence-electron chi connectivity index (χ3n) is 16.0. The predicted molar refractivity (Wildman–Crippen MR) is 312 cm³/mol. The van der Waals surface area contributed by atoms with E-state index in [9.17, 15) is 0 Å². The Morgan fingerprint density at radius 1 is 0.200 bits per heavy atom. The van der Waals surface area contributed by atoms with E-state index in [1.165, 1.54) is 94.6 Å². The maximum absolute atomic E-state index is 2.47. The summed E-state index contributed by atoms with van der Waals surface area (Å²) >= 11 is 0. The van der Waals surface area contributed by atoms with E-state index in [2.05, 4.69) is 314 Å². The van der Waals surface area contributed by atoms with Gasteiger partial charge < -0.3 is 4.90 Å². The molecule has 14 rings (SSSR count). The zero-order valence-corrected chi connectivity index (χ0v) is 41.4. The lowest BCUT2D eigenvalue weighted by molar-refractivity contribution is 0.768. The van der Waals surface area contributed by atoms with Crippen molar-refractivity contribution in [1.29, 1.82) is 0 Å². The molecule has 0 bridgehead atoms. The largest absolute Gasteiger partial charge is 0.310 e. The molecule has 12 aromatic carbocycles. The highest BCUT2D eigenvalue weighted by Crippen LogP contribution is 2.60. The van der Waals surface area contributed by atoms with Crippen LogP contribution < -0.4 is 4.90 Å². The third kappa shape index (κ3) is 7.00. The summed E-state index contributed by atoms with van der Waals surface area (Å²) in [6, 6.07) is 114. The first kappa shape index (κ1) is 44.2. The normalized spacial score (nSPS) is 13.3. The van der Waals surface area contributed by atoms with Crippen LogP contribution in [0.2, 0.25) is 0 Å². The molecule has 0 saturated heterocycles. The Bertz CT molecular complexity index is 3950. The molecule has 75 heavy (non-hydrogen) atoms. The van der Waals surface area contributed by atoms with Crippen LogP contribution in [0.15, 0.2) is 309 Å². The van der Waals surface area contributed by atoms with Crippen molar-refractivity contribution in [3.05, 3.63) is 354 Å². The van der Waals surface area contributed by atoms with E-state index >= 15 is 0 Å². The first-order valence-corrected chi connectivity index (χ1v) is 26.1. The van der Waals surface area contributed by atoms with Gasteiger partial charge in [-0.15, -0.1) is 0 Å². The van der Waals surface area contributed by atoms with Crippen LogP contribution in [0.1, 0.15) is 44.5 Å². The molecule has 0 heterocycles. The van der Waals surface area contributed by atoms with E-state index < -0.39 is 10.8 Å². The Hall–Kier alpha value is -9.56. The molecule has 12 aromatic rings. The molecule has 2 aliphatic carbocycles. The maximum atomic E-state index is 2.47. The average molecular weight is 954 g/mol. The second-order valence-electron chi connectivity index (χ2n) is 19.9. The number of hydrogen-bond acceptors (Lipinski definition) is 1. The SMILES string of the molecule is c1ccc(-c2cccc(-c3cccc(N(c4ccc(-c5cccc6c5-c5ccccc5C6(c5ccccc5)c5ccccc5)cc4)c4ccc5c(c4)C(c4ccccc4)(c4ccccc4)c4ccccc4-5)c3)c2)cc1. The van der Waals surface area contributed by atoms with Crippen LogP contribution in [-0.4, -0.2) is 0 Å². The summed E-state index contributed by atoms with van der Waals surface area (Å²) in [5.41, 5.74) is 24.6. The minimum absolute atomic E-state index is 0.477. The van der Waals surface area contributed by atoms with Crippen molar-refractivity contribution in [2.45, 2.75) is 10.8 Å². The van der Waals surface area contributed by atoms with Gasteiger partial charge in [0, 0.05) is 17.1 Å². The highest BCUT2D eigenvalue weighted by Gasteiger charge is 2.48. The highest BCUT2D eigenvalue weighted by molar-refractivity contribution is 5.96. The molecule has 0 spiro atoms. The summed E-state index contributed by atoms with van der Waals surface area (Å²) in [5.74, 6) is 0. The second-order valence-corrected chi connectivity index (χ2v) is 19.9. The van der Waals surface area contributed by atoms with Gasteiger partial charge in [0.25, 0.3) is 0 Å². The van der Waals surface area contributed by atoms with Gasteiger partial charge in [-0.25, -0.2) is 0 Å². The Kier molecular flexibility index (Phi) is 10.7. The fraction of sp³-hybridized carbons (Fsp3) is 0.0270. The molecule has 0 aliphatic heterocycles. The number of anilines is 3. The molecule has 1 heteroatoms. The second kappa shape index (κ2) is 18.2.